The van der Waals surface area contributed by atoms with Crippen LogP contribution in [-0.2, 0) is 30.8 Å². The number of carbonyl (C=O) groups is 3. The molecule has 0 heterocycles. The smallest absolute Gasteiger partial charge is 0.308 e. The molecular formula is C31H27BrN2O7S. The zero-order valence-electron chi connectivity index (χ0n) is 22.7. The number of sulfonamides is 1. The van der Waals surface area contributed by atoms with E-state index in [-0.39, 0.29) is 22.9 Å². The Morgan fingerprint density at radius 1 is 0.833 bits per heavy atom. The lowest BCUT2D eigenvalue weighted by Crippen LogP contribution is -2.26. The normalized spacial score (nSPS) is 11.4. The van der Waals surface area contributed by atoms with E-state index in [2.05, 4.69) is 26.0 Å². The maximum atomic E-state index is 13.2. The summed E-state index contributed by atoms with van der Waals surface area (Å²) < 4.78 is 40.2. The summed E-state index contributed by atoms with van der Waals surface area (Å²) in [5, 5.41) is 3.80. The second kappa shape index (κ2) is 13.6. The predicted octanol–water partition coefficient (Wildman–Crippen LogP) is 5.63. The van der Waals surface area contributed by atoms with Gasteiger partial charge in [0.1, 0.15) is 0 Å². The van der Waals surface area contributed by atoms with Crippen molar-refractivity contribution in [1.82, 2.24) is 4.72 Å². The van der Waals surface area contributed by atoms with Gasteiger partial charge in [0.05, 0.1) is 4.90 Å². The molecule has 0 unspecified atom stereocenters. The van der Waals surface area contributed by atoms with E-state index in [1.54, 1.807) is 36.4 Å². The Labute approximate surface area is 251 Å². The molecule has 0 aliphatic heterocycles. The van der Waals surface area contributed by atoms with Crippen molar-refractivity contribution in [2.75, 3.05) is 11.9 Å². The fourth-order valence-electron chi connectivity index (χ4n) is 4.13. The molecule has 4 aromatic carbocycles. The van der Waals surface area contributed by atoms with Gasteiger partial charge in [-0.2, -0.15) is 0 Å². The number of fused-ring (bicyclic) bond motifs is 1. The summed E-state index contributed by atoms with van der Waals surface area (Å²) in [6, 6.07) is 22.1. The number of halogens is 1. The van der Waals surface area contributed by atoms with Gasteiger partial charge in [-0.1, -0.05) is 58.4 Å². The summed E-state index contributed by atoms with van der Waals surface area (Å²) in [6.45, 7) is 2.67. The number of anilines is 1. The van der Waals surface area contributed by atoms with E-state index in [0.29, 0.717) is 28.4 Å². The minimum Gasteiger partial charge on any atom is -0.423 e. The van der Waals surface area contributed by atoms with Gasteiger partial charge in [-0.25, -0.2) is 13.1 Å². The average molecular weight is 652 g/mol. The zero-order valence-corrected chi connectivity index (χ0v) is 25.1. The summed E-state index contributed by atoms with van der Waals surface area (Å²) in [7, 11) is -3.83. The monoisotopic (exact) mass is 650 g/mol. The van der Waals surface area contributed by atoms with Crippen LogP contribution < -0.4 is 19.5 Å². The summed E-state index contributed by atoms with van der Waals surface area (Å²) in [5.41, 5.74) is 1.94. The van der Waals surface area contributed by atoms with E-state index >= 15 is 0 Å². The van der Waals surface area contributed by atoms with Gasteiger partial charge in [-0.05, 0) is 60.0 Å². The maximum absolute atomic E-state index is 13.2. The minimum atomic E-state index is -3.83. The Hall–Kier alpha value is -4.32. The van der Waals surface area contributed by atoms with Gasteiger partial charge < -0.3 is 14.8 Å². The molecule has 0 atom stereocenters. The fourth-order valence-corrected chi connectivity index (χ4v) is 5.65. The molecule has 0 saturated carbocycles. The first kappa shape index (κ1) is 30.6. The summed E-state index contributed by atoms with van der Waals surface area (Å²) in [6.07, 6.45) is 3.30. The van der Waals surface area contributed by atoms with Crippen LogP contribution >= 0.6 is 15.9 Å². The van der Waals surface area contributed by atoms with Gasteiger partial charge in [0.25, 0.3) is 0 Å². The summed E-state index contributed by atoms with van der Waals surface area (Å²) in [4.78, 5) is 35.7. The molecule has 4 aromatic rings. The van der Waals surface area contributed by atoms with E-state index < -0.39 is 27.9 Å². The predicted molar refractivity (Wildman–Crippen MR) is 164 cm³/mol. The quantitative estimate of drug-likeness (QED) is 0.129. The first-order chi connectivity index (χ1) is 20.0. The molecule has 1 amide bonds. The molecule has 0 radical (unpaired) electrons. The standard InChI is InChI=1S/C31H27BrN2O7S/c1-20(35)40-28-15-11-23(19-29(28)41-21(2)36)12-16-31(37)34-27-7-3-6-26-25(27)5-4-8-30(26)42(38,39)33-18-17-22-9-13-24(32)14-10-22/h3-16,19,33H,17-18H2,1-2H3,(H,34,37)/b16-12+. The molecule has 0 aromatic heterocycles. The lowest BCUT2D eigenvalue weighted by Gasteiger charge is -2.12. The number of hydrogen-bond donors (Lipinski definition) is 2. The number of carbonyl (C=O) groups excluding carboxylic acids is 3. The fraction of sp³-hybridized carbons (Fsp3) is 0.129. The van der Waals surface area contributed by atoms with Crippen molar-refractivity contribution in [1.29, 1.82) is 0 Å². The van der Waals surface area contributed by atoms with E-state index in [1.807, 2.05) is 24.3 Å². The summed E-state index contributed by atoms with van der Waals surface area (Å²) >= 11 is 3.39. The third kappa shape index (κ3) is 8.12. The molecule has 0 saturated heterocycles. The third-order valence-corrected chi connectivity index (χ3v) is 8.00. The number of esters is 2. The lowest BCUT2D eigenvalue weighted by molar-refractivity contribution is -0.134. The number of nitrogens with one attached hydrogen (secondary N) is 2. The Kier molecular flexibility index (Phi) is 9.89. The Morgan fingerprint density at radius 3 is 2.21 bits per heavy atom. The van der Waals surface area contributed by atoms with Crippen LogP contribution in [0.15, 0.2) is 94.3 Å². The molecule has 11 heteroatoms. The molecule has 9 nitrogen and oxygen atoms in total. The van der Waals surface area contributed by atoms with E-state index in [0.717, 1.165) is 10.0 Å². The van der Waals surface area contributed by atoms with Crippen LogP contribution in [0.2, 0.25) is 0 Å². The summed E-state index contributed by atoms with van der Waals surface area (Å²) in [5.74, 6) is -1.54. The molecule has 0 aliphatic carbocycles. The van der Waals surface area contributed by atoms with E-state index in [4.69, 9.17) is 9.47 Å². The molecule has 4 rings (SSSR count). The van der Waals surface area contributed by atoms with Gasteiger partial charge in [0, 0.05) is 47.4 Å². The molecule has 216 valence electrons. The molecular weight excluding hydrogens is 624 g/mol. The number of rotatable bonds is 10. The van der Waals surface area contributed by atoms with Crippen LogP contribution in [-0.4, -0.2) is 32.8 Å². The zero-order chi connectivity index (χ0) is 30.3. The third-order valence-electron chi connectivity index (χ3n) is 5.95. The largest absolute Gasteiger partial charge is 0.423 e. The van der Waals surface area contributed by atoms with Crippen LogP contribution in [0.5, 0.6) is 11.5 Å². The maximum Gasteiger partial charge on any atom is 0.308 e. The molecule has 0 spiro atoms. The van der Waals surface area contributed by atoms with Crippen molar-refractivity contribution in [3.05, 3.63) is 101 Å². The van der Waals surface area contributed by atoms with Crippen molar-refractivity contribution < 1.29 is 32.3 Å². The lowest BCUT2D eigenvalue weighted by atomic mass is 10.1. The first-order valence-corrected chi connectivity index (χ1v) is 15.1. The Morgan fingerprint density at radius 2 is 1.50 bits per heavy atom. The van der Waals surface area contributed by atoms with Gasteiger partial charge in [0.2, 0.25) is 15.9 Å². The van der Waals surface area contributed by atoms with Crippen LogP contribution in [0.25, 0.3) is 16.8 Å². The number of benzene rings is 4. The van der Waals surface area contributed by atoms with Crippen LogP contribution in [0.4, 0.5) is 5.69 Å². The highest BCUT2D eigenvalue weighted by Crippen LogP contribution is 2.30. The average Bonchev–Trinajstić information content (AvgIpc) is 2.93. The highest BCUT2D eigenvalue weighted by molar-refractivity contribution is 9.10. The van der Waals surface area contributed by atoms with Gasteiger partial charge in [-0.3, -0.25) is 14.4 Å². The van der Waals surface area contributed by atoms with Crippen molar-refractivity contribution in [3.63, 3.8) is 0 Å². The number of ether oxygens (including phenoxy) is 2. The van der Waals surface area contributed by atoms with Crippen LogP contribution in [0.3, 0.4) is 0 Å². The van der Waals surface area contributed by atoms with Crippen molar-refractivity contribution in [3.8, 4) is 11.5 Å². The van der Waals surface area contributed by atoms with Gasteiger partial charge in [-0.15, -0.1) is 0 Å². The van der Waals surface area contributed by atoms with E-state index in [1.165, 1.54) is 44.2 Å². The topological polar surface area (TPSA) is 128 Å². The van der Waals surface area contributed by atoms with Crippen LogP contribution in [0, 0.1) is 0 Å². The molecule has 0 aliphatic rings. The highest BCUT2D eigenvalue weighted by Gasteiger charge is 2.18. The molecule has 42 heavy (non-hydrogen) atoms. The highest BCUT2D eigenvalue weighted by atomic mass is 79.9. The Balaban J connectivity index is 1.50. The molecule has 0 fully saturated rings. The minimum absolute atomic E-state index is 0.0356. The van der Waals surface area contributed by atoms with Crippen molar-refractivity contribution in [2.45, 2.75) is 25.2 Å². The second-order valence-electron chi connectivity index (χ2n) is 9.15. The van der Waals surface area contributed by atoms with E-state index in [9.17, 15) is 22.8 Å². The SMILES string of the molecule is CC(=O)Oc1ccc(/C=C/C(=O)Nc2cccc3c(S(=O)(=O)NCCc4ccc(Br)cc4)cccc23)cc1OC(C)=O. The van der Waals surface area contributed by atoms with Crippen LogP contribution in [0.1, 0.15) is 25.0 Å². The first-order valence-electron chi connectivity index (χ1n) is 12.8. The second-order valence-corrected chi connectivity index (χ2v) is 11.8. The van der Waals surface area contributed by atoms with Crippen molar-refractivity contribution in [2.24, 2.45) is 0 Å². The molecule has 0 bridgehead atoms. The Bertz CT molecular complexity index is 1790. The number of hydrogen-bond acceptors (Lipinski definition) is 7. The van der Waals surface area contributed by atoms with Gasteiger partial charge in [0.15, 0.2) is 11.5 Å². The van der Waals surface area contributed by atoms with Crippen molar-refractivity contribution >= 4 is 66.3 Å². The molecule has 2 N–H and O–H groups in total. The van der Waals surface area contributed by atoms with Gasteiger partial charge >= 0.3 is 11.9 Å². The number of amides is 1.